The van der Waals surface area contributed by atoms with Crippen molar-refractivity contribution in [2.45, 2.75) is 83.1 Å². The van der Waals surface area contributed by atoms with Crippen LogP contribution in [-0.2, 0) is 0 Å². The second-order valence-corrected chi connectivity index (χ2v) is 6.48. The molecule has 0 aromatic carbocycles. The van der Waals surface area contributed by atoms with Crippen molar-refractivity contribution in [3.8, 4) is 0 Å². The summed E-state index contributed by atoms with van der Waals surface area (Å²) in [6.07, 6.45) is 5.85. The summed E-state index contributed by atoms with van der Waals surface area (Å²) in [7, 11) is 0. The van der Waals surface area contributed by atoms with E-state index in [0.717, 1.165) is 24.8 Å². The van der Waals surface area contributed by atoms with Crippen LogP contribution in [-0.4, -0.2) is 35.4 Å². The molecule has 17 heavy (non-hydrogen) atoms. The summed E-state index contributed by atoms with van der Waals surface area (Å²) in [5.74, 6) is 0.902. The first-order chi connectivity index (χ1) is 8.02. The maximum absolute atomic E-state index is 9.24. The number of aliphatic hydroxyl groups excluding tert-OH is 1. The van der Waals surface area contributed by atoms with Crippen LogP contribution in [0.4, 0.5) is 0 Å². The standard InChI is InChI=1S/C14H28N2O/c1-9(2)15-12-5-11(6-12)4-10(3)16-13-7-14(17)8-13/h9-17H,4-8H2,1-3H3. The maximum atomic E-state index is 9.24. The molecule has 100 valence electrons. The monoisotopic (exact) mass is 240 g/mol. The topological polar surface area (TPSA) is 44.3 Å². The van der Waals surface area contributed by atoms with Crippen molar-refractivity contribution in [3.05, 3.63) is 0 Å². The molecule has 1 atom stereocenters. The Morgan fingerprint density at radius 2 is 1.59 bits per heavy atom. The molecular formula is C14H28N2O. The quantitative estimate of drug-likeness (QED) is 0.661. The first kappa shape index (κ1) is 13.3. The van der Waals surface area contributed by atoms with Gasteiger partial charge in [0.1, 0.15) is 0 Å². The molecule has 0 heterocycles. The molecule has 0 spiro atoms. The van der Waals surface area contributed by atoms with E-state index >= 15 is 0 Å². The van der Waals surface area contributed by atoms with E-state index < -0.39 is 0 Å². The van der Waals surface area contributed by atoms with Gasteiger partial charge in [0.2, 0.25) is 0 Å². The predicted octanol–water partition coefficient (Wildman–Crippen LogP) is 1.65. The van der Waals surface area contributed by atoms with E-state index in [-0.39, 0.29) is 6.10 Å². The normalized spacial score (nSPS) is 38.6. The number of aliphatic hydroxyl groups is 1. The SMILES string of the molecule is CC(C)NC1CC(CC(C)NC2CC(O)C2)C1. The molecule has 3 N–H and O–H groups in total. The molecule has 0 aromatic heterocycles. The molecular weight excluding hydrogens is 212 g/mol. The maximum Gasteiger partial charge on any atom is 0.0570 e. The zero-order valence-corrected chi connectivity index (χ0v) is 11.4. The zero-order valence-electron chi connectivity index (χ0n) is 11.4. The van der Waals surface area contributed by atoms with Crippen LogP contribution < -0.4 is 10.6 Å². The molecule has 0 radical (unpaired) electrons. The van der Waals surface area contributed by atoms with Crippen molar-refractivity contribution in [2.75, 3.05) is 0 Å². The minimum Gasteiger partial charge on any atom is -0.393 e. The fourth-order valence-corrected chi connectivity index (χ4v) is 3.23. The summed E-state index contributed by atoms with van der Waals surface area (Å²) in [6, 6.07) is 2.56. The molecule has 3 heteroatoms. The van der Waals surface area contributed by atoms with Crippen LogP contribution in [0.5, 0.6) is 0 Å². The van der Waals surface area contributed by atoms with E-state index in [1.807, 2.05) is 0 Å². The van der Waals surface area contributed by atoms with E-state index in [1.54, 1.807) is 0 Å². The van der Waals surface area contributed by atoms with Gasteiger partial charge >= 0.3 is 0 Å². The van der Waals surface area contributed by atoms with Crippen molar-refractivity contribution in [3.63, 3.8) is 0 Å². The Kier molecular flexibility index (Phi) is 4.45. The lowest BCUT2D eigenvalue weighted by Gasteiger charge is -2.40. The van der Waals surface area contributed by atoms with Crippen LogP contribution in [0.1, 0.15) is 52.9 Å². The Morgan fingerprint density at radius 3 is 2.12 bits per heavy atom. The van der Waals surface area contributed by atoms with Gasteiger partial charge in [-0.25, -0.2) is 0 Å². The minimum atomic E-state index is -0.0389. The third kappa shape index (κ3) is 3.94. The summed E-state index contributed by atoms with van der Waals surface area (Å²) >= 11 is 0. The van der Waals surface area contributed by atoms with Crippen molar-refractivity contribution in [1.82, 2.24) is 10.6 Å². The van der Waals surface area contributed by atoms with E-state index in [2.05, 4.69) is 31.4 Å². The molecule has 2 aliphatic carbocycles. The summed E-state index contributed by atoms with van der Waals surface area (Å²) < 4.78 is 0. The molecule has 2 aliphatic rings. The van der Waals surface area contributed by atoms with E-state index in [0.29, 0.717) is 18.1 Å². The van der Waals surface area contributed by atoms with E-state index in [1.165, 1.54) is 19.3 Å². The summed E-state index contributed by atoms with van der Waals surface area (Å²) in [4.78, 5) is 0. The van der Waals surface area contributed by atoms with Gasteiger partial charge in [0, 0.05) is 24.2 Å². The lowest BCUT2D eigenvalue weighted by atomic mass is 9.76. The second-order valence-electron chi connectivity index (χ2n) is 6.48. The van der Waals surface area contributed by atoms with Gasteiger partial charge in [-0.05, 0) is 44.9 Å². The molecule has 2 saturated carbocycles. The van der Waals surface area contributed by atoms with Crippen LogP contribution in [0, 0.1) is 5.92 Å². The van der Waals surface area contributed by atoms with E-state index in [4.69, 9.17) is 0 Å². The lowest BCUT2D eigenvalue weighted by molar-refractivity contribution is 0.0554. The van der Waals surface area contributed by atoms with Gasteiger partial charge in [0.15, 0.2) is 0 Å². The highest BCUT2D eigenvalue weighted by atomic mass is 16.3. The zero-order chi connectivity index (χ0) is 12.4. The summed E-state index contributed by atoms with van der Waals surface area (Å²) in [5.41, 5.74) is 0. The van der Waals surface area contributed by atoms with Gasteiger partial charge in [0.25, 0.3) is 0 Å². The molecule has 0 aromatic rings. The smallest absolute Gasteiger partial charge is 0.0570 e. The summed E-state index contributed by atoms with van der Waals surface area (Å²) in [5, 5.41) is 16.5. The largest absolute Gasteiger partial charge is 0.393 e. The van der Waals surface area contributed by atoms with Gasteiger partial charge in [-0.1, -0.05) is 13.8 Å². The van der Waals surface area contributed by atoms with E-state index in [9.17, 15) is 5.11 Å². The molecule has 3 nitrogen and oxygen atoms in total. The number of rotatable bonds is 6. The van der Waals surface area contributed by atoms with Gasteiger partial charge in [-0.15, -0.1) is 0 Å². The molecule has 0 bridgehead atoms. The molecule has 2 rings (SSSR count). The van der Waals surface area contributed by atoms with Crippen molar-refractivity contribution in [2.24, 2.45) is 5.92 Å². The Bertz CT molecular complexity index is 232. The van der Waals surface area contributed by atoms with Crippen molar-refractivity contribution < 1.29 is 5.11 Å². The van der Waals surface area contributed by atoms with Gasteiger partial charge in [0.05, 0.1) is 6.10 Å². The molecule has 0 amide bonds. The minimum absolute atomic E-state index is 0.0389. The number of hydrogen-bond acceptors (Lipinski definition) is 3. The Hall–Kier alpha value is -0.120. The second kappa shape index (κ2) is 5.68. The van der Waals surface area contributed by atoms with Crippen molar-refractivity contribution in [1.29, 1.82) is 0 Å². The average molecular weight is 240 g/mol. The highest BCUT2D eigenvalue weighted by Gasteiger charge is 2.32. The Morgan fingerprint density at radius 1 is 1.00 bits per heavy atom. The number of nitrogens with one attached hydrogen (secondary N) is 2. The summed E-state index contributed by atoms with van der Waals surface area (Å²) in [6.45, 7) is 6.73. The molecule has 0 saturated heterocycles. The fourth-order valence-electron chi connectivity index (χ4n) is 3.23. The average Bonchev–Trinajstić information content (AvgIpc) is 2.11. The third-order valence-electron chi connectivity index (χ3n) is 4.13. The van der Waals surface area contributed by atoms with Crippen LogP contribution >= 0.6 is 0 Å². The number of hydrogen-bond donors (Lipinski definition) is 3. The van der Waals surface area contributed by atoms with Crippen LogP contribution in [0.2, 0.25) is 0 Å². The van der Waals surface area contributed by atoms with Crippen LogP contribution in [0.15, 0.2) is 0 Å². The van der Waals surface area contributed by atoms with Gasteiger partial charge in [-0.3, -0.25) is 0 Å². The predicted molar refractivity (Wildman–Crippen MR) is 71.0 cm³/mol. The van der Waals surface area contributed by atoms with Gasteiger partial charge < -0.3 is 15.7 Å². The lowest BCUT2D eigenvalue weighted by Crippen LogP contribution is -2.50. The Balaban J connectivity index is 1.54. The van der Waals surface area contributed by atoms with Crippen LogP contribution in [0.25, 0.3) is 0 Å². The first-order valence-corrected chi connectivity index (χ1v) is 7.23. The third-order valence-corrected chi connectivity index (χ3v) is 4.13. The first-order valence-electron chi connectivity index (χ1n) is 7.23. The highest BCUT2D eigenvalue weighted by Crippen LogP contribution is 2.32. The highest BCUT2D eigenvalue weighted by molar-refractivity contribution is 4.90. The molecule has 2 fully saturated rings. The molecule has 1 unspecified atom stereocenters. The van der Waals surface area contributed by atoms with Gasteiger partial charge in [-0.2, -0.15) is 0 Å². The molecule has 0 aliphatic heterocycles. The Labute approximate surface area is 105 Å². The van der Waals surface area contributed by atoms with Crippen molar-refractivity contribution >= 4 is 0 Å². The fraction of sp³-hybridized carbons (Fsp3) is 1.00. The van der Waals surface area contributed by atoms with Crippen LogP contribution in [0.3, 0.4) is 0 Å².